The monoisotopic (exact) mass is 301 g/mol. The van der Waals surface area contributed by atoms with E-state index in [2.05, 4.69) is 5.32 Å². The van der Waals surface area contributed by atoms with Gasteiger partial charge in [0.15, 0.2) is 0 Å². The van der Waals surface area contributed by atoms with E-state index < -0.39 is 10.2 Å². The van der Waals surface area contributed by atoms with Crippen LogP contribution in [0, 0.1) is 5.92 Å². The van der Waals surface area contributed by atoms with Gasteiger partial charge in [0, 0.05) is 32.2 Å². The molecule has 5 nitrogen and oxygen atoms in total. The summed E-state index contributed by atoms with van der Waals surface area (Å²) in [6.45, 7) is 2.45. The van der Waals surface area contributed by atoms with Crippen LogP contribution in [0.25, 0.3) is 0 Å². The third-order valence-electron chi connectivity index (χ3n) is 5.13. The van der Waals surface area contributed by atoms with E-state index in [-0.39, 0.29) is 6.04 Å². The van der Waals surface area contributed by atoms with Gasteiger partial charge in [-0.1, -0.05) is 6.42 Å². The van der Waals surface area contributed by atoms with Crippen molar-refractivity contribution in [1.29, 1.82) is 0 Å². The highest BCUT2D eigenvalue weighted by Crippen LogP contribution is 2.29. The molecule has 0 spiro atoms. The van der Waals surface area contributed by atoms with Gasteiger partial charge in [-0.05, 0) is 51.0 Å². The van der Waals surface area contributed by atoms with Crippen LogP contribution < -0.4 is 5.32 Å². The highest BCUT2D eigenvalue weighted by Gasteiger charge is 2.36. The maximum Gasteiger partial charge on any atom is 0.281 e. The van der Waals surface area contributed by atoms with E-state index in [1.165, 1.54) is 19.3 Å². The average Bonchev–Trinajstić information content (AvgIpc) is 3.19. The van der Waals surface area contributed by atoms with Crippen LogP contribution in [0.15, 0.2) is 0 Å². The van der Waals surface area contributed by atoms with Crippen molar-refractivity contribution < 1.29 is 8.42 Å². The Balaban J connectivity index is 1.48. The van der Waals surface area contributed by atoms with E-state index in [1.807, 2.05) is 0 Å². The van der Waals surface area contributed by atoms with Crippen LogP contribution in [0.4, 0.5) is 0 Å². The van der Waals surface area contributed by atoms with E-state index in [4.69, 9.17) is 0 Å². The van der Waals surface area contributed by atoms with Crippen molar-refractivity contribution in [3.05, 3.63) is 0 Å². The predicted molar refractivity (Wildman–Crippen MR) is 79.6 cm³/mol. The van der Waals surface area contributed by atoms with Gasteiger partial charge in [-0.25, -0.2) is 0 Å². The molecule has 0 unspecified atom stereocenters. The number of hydrogen-bond donors (Lipinski definition) is 1. The van der Waals surface area contributed by atoms with Crippen molar-refractivity contribution >= 4 is 10.2 Å². The Morgan fingerprint density at radius 1 is 1.10 bits per heavy atom. The first kappa shape index (κ1) is 14.8. The largest absolute Gasteiger partial charge is 0.314 e. The molecule has 116 valence electrons. The fraction of sp³-hybridized carbons (Fsp3) is 1.00. The van der Waals surface area contributed by atoms with Gasteiger partial charge in [0.05, 0.1) is 0 Å². The molecule has 1 aliphatic heterocycles. The molecule has 2 saturated carbocycles. The summed E-state index contributed by atoms with van der Waals surface area (Å²) >= 11 is 0. The summed E-state index contributed by atoms with van der Waals surface area (Å²) < 4.78 is 28.4. The molecule has 1 N–H and O–H groups in total. The van der Waals surface area contributed by atoms with Crippen molar-refractivity contribution in [2.45, 2.75) is 57.0 Å². The van der Waals surface area contributed by atoms with Crippen LogP contribution in [-0.2, 0) is 10.2 Å². The van der Waals surface area contributed by atoms with Crippen LogP contribution in [0.1, 0.15) is 44.9 Å². The molecule has 3 fully saturated rings. The SMILES string of the molecule is CN(C1CCC1)S(=O)(=O)N1CCC(CNC2CC2)CC1. The fourth-order valence-electron chi connectivity index (χ4n) is 3.09. The second-order valence-electron chi connectivity index (χ2n) is 6.63. The molecule has 2 aliphatic carbocycles. The number of nitrogens with zero attached hydrogens (tertiary/aromatic N) is 2. The Labute approximate surface area is 122 Å². The number of nitrogens with one attached hydrogen (secondary N) is 1. The number of rotatable bonds is 6. The minimum Gasteiger partial charge on any atom is -0.314 e. The van der Waals surface area contributed by atoms with Crippen LogP contribution >= 0.6 is 0 Å². The second kappa shape index (κ2) is 5.91. The molecule has 0 aromatic heterocycles. The minimum absolute atomic E-state index is 0.245. The first-order chi connectivity index (χ1) is 9.57. The molecule has 1 saturated heterocycles. The molecule has 0 aromatic carbocycles. The van der Waals surface area contributed by atoms with E-state index in [0.29, 0.717) is 19.0 Å². The van der Waals surface area contributed by atoms with Crippen molar-refractivity contribution in [1.82, 2.24) is 13.9 Å². The minimum atomic E-state index is -3.22. The second-order valence-corrected chi connectivity index (χ2v) is 8.62. The molecule has 0 amide bonds. The molecule has 0 atom stereocenters. The summed E-state index contributed by atoms with van der Waals surface area (Å²) in [5, 5.41) is 3.56. The van der Waals surface area contributed by atoms with Gasteiger partial charge in [0.25, 0.3) is 10.2 Å². The first-order valence-corrected chi connectivity index (χ1v) is 9.43. The topological polar surface area (TPSA) is 52.7 Å². The Kier molecular flexibility index (Phi) is 4.36. The molecule has 0 aromatic rings. The molecule has 20 heavy (non-hydrogen) atoms. The summed E-state index contributed by atoms with van der Waals surface area (Å²) in [7, 11) is -1.47. The molecule has 1 heterocycles. The standard InChI is InChI=1S/C14H27N3O2S/c1-16(14-3-2-4-14)20(18,19)17-9-7-12(8-10-17)11-15-13-5-6-13/h12-15H,2-11H2,1H3. The molecule has 6 heteroatoms. The van der Waals surface area contributed by atoms with E-state index in [0.717, 1.165) is 38.3 Å². The summed E-state index contributed by atoms with van der Waals surface area (Å²) in [6.07, 6.45) is 7.85. The van der Waals surface area contributed by atoms with E-state index in [9.17, 15) is 8.42 Å². The van der Waals surface area contributed by atoms with Gasteiger partial charge < -0.3 is 5.32 Å². The lowest BCUT2D eigenvalue weighted by atomic mass is 9.94. The Hall–Kier alpha value is -0.170. The summed E-state index contributed by atoms with van der Waals surface area (Å²) in [5.41, 5.74) is 0. The van der Waals surface area contributed by atoms with Crippen molar-refractivity contribution in [3.8, 4) is 0 Å². The average molecular weight is 301 g/mol. The van der Waals surface area contributed by atoms with Gasteiger partial charge in [-0.15, -0.1) is 0 Å². The van der Waals surface area contributed by atoms with Crippen LogP contribution in [-0.4, -0.2) is 55.8 Å². The van der Waals surface area contributed by atoms with Gasteiger partial charge in [0.2, 0.25) is 0 Å². The highest BCUT2D eigenvalue weighted by atomic mass is 32.2. The van der Waals surface area contributed by atoms with Crippen LogP contribution in [0.3, 0.4) is 0 Å². The molecule has 0 radical (unpaired) electrons. The first-order valence-electron chi connectivity index (χ1n) is 8.04. The highest BCUT2D eigenvalue weighted by molar-refractivity contribution is 7.86. The third-order valence-corrected chi connectivity index (χ3v) is 7.17. The van der Waals surface area contributed by atoms with Gasteiger partial charge in [-0.3, -0.25) is 0 Å². The van der Waals surface area contributed by atoms with Crippen molar-refractivity contribution in [2.75, 3.05) is 26.7 Å². The Morgan fingerprint density at radius 2 is 1.75 bits per heavy atom. The number of hydrogen-bond acceptors (Lipinski definition) is 3. The van der Waals surface area contributed by atoms with E-state index >= 15 is 0 Å². The molecule has 3 aliphatic rings. The summed E-state index contributed by atoms with van der Waals surface area (Å²) in [5.74, 6) is 0.649. The lowest BCUT2D eigenvalue weighted by molar-refractivity contribution is 0.211. The Morgan fingerprint density at radius 3 is 2.25 bits per heavy atom. The fourth-order valence-corrected chi connectivity index (χ4v) is 4.71. The zero-order valence-corrected chi connectivity index (χ0v) is 13.2. The molecule has 3 rings (SSSR count). The predicted octanol–water partition coefficient (Wildman–Crippen LogP) is 1.18. The number of piperidine rings is 1. The van der Waals surface area contributed by atoms with Gasteiger partial charge in [-0.2, -0.15) is 17.0 Å². The van der Waals surface area contributed by atoms with E-state index in [1.54, 1.807) is 15.7 Å². The smallest absolute Gasteiger partial charge is 0.281 e. The van der Waals surface area contributed by atoms with Crippen LogP contribution in [0.2, 0.25) is 0 Å². The lowest BCUT2D eigenvalue weighted by Crippen LogP contribution is -2.51. The quantitative estimate of drug-likeness (QED) is 0.801. The maximum absolute atomic E-state index is 12.5. The van der Waals surface area contributed by atoms with Crippen molar-refractivity contribution in [3.63, 3.8) is 0 Å². The Bertz CT molecular complexity index is 424. The van der Waals surface area contributed by atoms with Crippen LogP contribution in [0.5, 0.6) is 0 Å². The molecular formula is C14H27N3O2S. The normalized spacial score (nSPS) is 26.9. The zero-order valence-electron chi connectivity index (χ0n) is 12.4. The molecule has 0 bridgehead atoms. The summed E-state index contributed by atoms with van der Waals surface area (Å²) in [4.78, 5) is 0. The molecular weight excluding hydrogens is 274 g/mol. The zero-order chi connectivity index (χ0) is 14.2. The summed E-state index contributed by atoms with van der Waals surface area (Å²) in [6, 6.07) is 0.996. The van der Waals surface area contributed by atoms with Gasteiger partial charge >= 0.3 is 0 Å². The van der Waals surface area contributed by atoms with Crippen molar-refractivity contribution in [2.24, 2.45) is 5.92 Å². The third kappa shape index (κ3) is 3.18. The lowest BCUT2D eigenvalue weighted by Gasteiger charge is -2.39. The van der Waals surface area contributed by atoms with Gasteiger partial charge in [0.1, 0.15) is 0 Å². The maximum atomic E-state index is 12.5.